The van der Waals surface area contributed by atoms with Gasteiger partial charge in [-0.3, -0.25) is 9.59 Å². The molecule has 0 fully saturated rings. The van der Waals surface area contributed by atoms with Gasteiger partial charge in [0.05, 0.1) is 0 Å². The number of amides is 1. The summed E-state index contributed by atoms with van der Waals surface area (Å²) in [6.45, 7) is 1.78. The van der Waals surface area contributed by atoms with Crippen LogP contribution in [0.15, 0.2) is 30.3 Å². The Labute approximate surface area is 88.8 Å². The van der Waals surface area contributed by atoms with E-state index in [1.165, 1.54) is 6.08 Å². The van der Waals surface area contributed by atoms with E-state index in [1.54, 1.807) is 25.4 Å². The summed E-state index contributed by atoms with van der Waals surface area (Å²) in [6.07, 6.45) is 4.98. The zero-order chi connectivity index (χ0) is 11.1. The zero-order valence-electron chi connectivity index (χ0n) is 8.49. The molecule has 0 bridgehead atoms. The Bertz CT molecular complexity index is 383. The second kappa shape index (κ2) is 5.75. The molecule has 0 saturated heterocycles. The van der Waals surface area contributed by atoms with E-state index in [2.05, 4.69) is 5.32 Å². The number of rotatable bonds is 4. The average molecular weight is 202 g/mol. The number of nitrogens with one attached hydrogen (secondary N) is 1. The van der Waals surface area contributed by atoms with E-state index in [1.807, 2.05) is 18.2 Å². The second-order valence-corrected chi connectivity index (χ2v) is 2.94. The van der Waals surface area contributed by atoms with Gasteiger partial charge in [-0.2, -0.15) is 0 Å². The molecule has 0 aliphatic rings. The third-order valence-electron chi connectivity index (χ3n) is 1.89. The average Bonchev–Trinajstić information content (AvgIpc) is 2.28. The van der Waals surface area contributed by atoms with Crippen LogP contribution in [0.3, 0.4) is 0 Å². The van der Waals surface area contributed by atoms with Gasteiger partial charge in [-0.05, 0) is 23.8 Å². The van der Waals surface area contributed by atoms with Crippen LogP contribution in [0.1, 0.15) is 18.9 Å². The summed E-state index contributed by atoms with van der Waals surface area (Å²) in [4.78, 5) is 21.3. The summed E-state index contributed by atoms with van der Waals surface area (Å²) in [5.74, 6) is -0.0501. The van der Waals surface area contributed by atoms with E-state index >= 15 is 0 Å². The van der Waals surface area contributed by atoms with Crippen LogP contribution in [0.5, 0.6) is 0 Å². The van der Waals surface area contributed by atoms with Crippen molar-refractivity contribution in [2.45, 2.75) is 13.3 Å². The van der Waals surface area contributed by atoms with Crippen molar-refractivity contribution in [3.05, 3.63) is 35.9 Å². The summed E-state index contributed by atoms with van der Waals surface area (Å²) < 4.78 is 0. The minimum absolute atomic E-state index is 0.0501. The fraction of sp³-hybridized carbons (Fsp3) is 0.167. The van der Waals surface area contributed by atoms with Gasteiger partial charge in [-0.25, -0.2) is 0 Å². The van der Waals surface area contributed by atoms with Gasteiger partial charge in [-0.15, -0.1) is 0 Å². The molecule has 0 saturated carbocycles. The molecule has 3 heteroatoms. The van der Waals surface area contributed by atoms with Crippen LogP contribution >= 0.6 is 0 Å². The predicted molar refractivity (Wildman–Crippen MR) is 60.1 cm³/mol. The number of benzene rings is 1. The van der Waals surface area contributed by atoms with Crippen molar-refractivity contribution in [1.82, 2.24) is 0 Å². The highest BCUT2D eigenvalue weighted by Crippen LogP contribution is 2.16. The number of carbonyl (C=O) groups excluding carboxylic acids is 2. The standard InChI is InChI=1S/C12H12NO2/c1-2-12(15)13-11-8-4-3-6-10(11)7-5-9-14/h3-8H,2H2,1H3,(H,13,15)/b7-5+. The smallest absolute Gasteiger partial charge is 0.225 e. The topological polar surface area (TPSA) is 46.2 Å². The zero-order valence-corrected chi connectivity index (χ0v) is 8.49. The second-order valence-electron chi connectivity index (χ2n) is 2.94. The lowest BCUT2D eigenvalue weighted by Gasteiger charge is -2.06. The lowest BCUT2D eigenvalue weighted by Crippen LogP contribution is -2.10. The van der Waals surface area contributed by atoms with Gasteiger partial charge in [0.15, 0.2) is 0 Å². The first kappa shape index (κ1) is 11.2. The molecule has 77 valence electrons. The van der Waals surface area contributed by atoms with Crippen molar-refractivity contribution in [2.75, 3.05) is 5.32 Å². The Morgan fingerprint density at radius 3 is 2.87 bits per heavy atom. The van der Waals surface area contributed by atoms with E-state index in [4.69, 9.17) is 0 Å². The van der Waals surface area contributed by atoms with Crippen molar-refractivity contribution < 1.29 is 9.59 Å². The van der Waals surface area contributed by atoms with E-state index in [9.17, 15) is 9.59 Å². The molecule has 0 heterocycles. The Kier molecular flexibility index (Phi) is 4.29. The maximum atomic E-state index is 11.2. The molecule has 0 spiro atoms. The molecule has 0 unspecified atom stereocenters. The van der Waals surface area contributed by atoms with Crippen LogP contribution in [-0.2, 0) is 9.59 Å². The third kappa shape index (κ3) is 3.38. The summed E-state index contributed by atoms with van der Waals surface area (Å²) in [6, 6.07) is 7.27. The highest BCUT2D eigenvalue weighted by molar-refractivity contribution is 5.93. The third-order valence-corrected chi connectivity index (χ3v) is 1.89. The summed E-state index contributed by atoms with van der Waals surface area (Å²) in [5, 5.41) is 2.75. The predicted octanol–water partition coefficient (Wildman–Crippen LogP) is 2.16. The quantitative estimate of drug-likeness (QED) is 0.760. The van der Waals surface area contributed by atoms with Crippen molar-refractivity contribution in [1.29, 1.82) is 0 Å². The first-order valence-electron chi connectivity index (χ1n) is 4.71. The SMILES string of the molecule is CCC(=O)Nc1ccccc1/C=C/[C]=O. The largest absolute Gasteiger partial charge is 0.326 e. The van der Waals surface area contributed by atoms with Crippen molar-refractivity contribution in [2.24, 2.45) is 0 Å². The highest BCUT2D eigenvalue weighted by atomic mass is 16.1. The molecule has 0 aliphatic carbocycles. The fourth-order valence-electron chi connectivity index (χ4n) is 1.12. The van der Waals surface area contributed by atoms with Crippen molar-refractivity contribution in [3.8, 4) is 0 Å². The molecular formula is C12H12NO2. The minimum atomic E-state index is -0.0501. The van der Waals surface area contributed by atoms with Crippen LogP contribution in [0.2, 0.25) is 0 Å². The molecule has 3 nitrogen and oxygen atoms in total. The lowest BCUT2D eigenvalue weighted by atomic mass is 10.1. The van der Waals surface area contributed by atoms with Crippen LogP contribution in [0.4, 0.5) is 5.69 Å². The number of anilines is 1. The van der Waals surface area contributed by atoms with Gasteiger partial charge in [-0.1, -0.05) is 25.1 Å². The molecule has 1 radical (unpaired) electrons. The molecule has 15 heavy (non-hydrogen) atoms. The first-order valence-corrected chi connectivity index (χ1v) is 4.71. The first-order chi connectivity index (χ1) is 7.27. The van der Waals surface area contributed by atoms with Gasteiger partial charge < -0.3 is 5.32 Å². The number of allylic oxidation sites excluding steroid dienone is 1. The number of para-hydroxylation sites is 1. The molecular weight excluding hydrogens is 190 g/mol. The Hall–Kier alpha value is -1.90. The molecule has 1 aromatic carbocycles. The van der Waals surface area contributed by atoms with Gasteiger partial charge in [0, 0.05) is 12.1 Å². The van der Waals surface area contributed by atoms with E-state index in [0.29, 0.717) is 12.1 Å². The number of hydrogen-bond donors (Lipinski definition) is 1. The Balaban J connectivity index is 2.90. The Morgan fingerprint density at radius 1 is 1.47 bits per heavy atom. The maximum absolute atomic E-state index is 11.2. The van der Waals surface area contributed by atoms with Gasteiger partial charge >= 0.3 is 0 Å². The summed E-state index contributed by atoms with van der Waals surface area (Å²) in [5.41, 5.74) is 1.50. The normalized spacial score (nSPS) is 10.2. The fourth-order valence-corrected chi connectivity index (χ4v) is 1.12. The van der Waals surface area contributed by atoms with Crippen LogP contribution in [0.25, 0.3) is 6.08 Å². The molecule has 1 amide bonds. The molecule has 0 aromatic heterocycles. The summed E-state index contributed by atoms with van der Waals surface area (Å²) >= 11 is 0. The van der Waals surface area contributed by atoms with Crippen LogP contribution in [-0.4, -0.2) is 12.2 Å². The molecule has 1 rings (SSSR count). The number of hydrogen-bond acceptors (Lipinski definition) is 2. The van der Waals surface area contributed by atoms with Crippen molar-refractivity contribution in [3.63, 3.8) is 0 Å². The molecule has 0 atom stereocenters. The number of carbonyl (C=O) groups is 1. The molecule has 1 aromatic rings. The minimum Gasteiger partial charge on any atom is -0.326 e. The van der Waals surface area contributed by atoms with Gasteiger partial charge in [0.25, 0.3) is 0 Å². The van der Waals surface area contributed by atoms with Crippen LogP contribution < -0.4 is 5.32 Å². The van der Waals surface area contributed by atoms with E-state index in [-0.39, 0.29) is 5.91 Å². The van der Waals surface area contributed by atoms with E-state index in [0.717, 1.165) is 5.56 Å². The monoisotopic (exact) mass is 202 g/mol. The Morgan fingerprint density at radius 2 is 2.20 bits per heavy atom. The highest BCUT2D eigenvalue weighted by Gasteiger charge is 2.01. The summed E-state index contributed by atoms with van der Waals surface area (Å²) in [7, 11) is 0. The maximum Gasteiger partial charge on any atom is 0.225 e. The van der Waals surface area contributed by atoms with E-state index < -0.39 is 0 Å². The van der Waals surface area contributed by atoms with Gasteiger partial charge in [0.2, 0.25) is 12.2 Å². The lowest BCUT2D eigenvalue weighted by molar-refractivity contribution is -0.115. The van der Waals surface area contributed by atoms with Gasteiger partial charge in [0.1, 0.15) is 0 Å². The van der Waals surface area contributed by atoms with Crippen molar-refractivity contribution >= 4 is 24.0 Å². The molecule has 1 N–H and O–H groups in total. The van der Waals surface area contributed by atoms with Crippen LogP contribution in [0, 0.1) is 0 Å². The molecule has 0 aliphatic heterocycles.